The molecule has 1 aromatic carbocycles. The Morgan fingerprint density at radius 3 is 2.76 bits per heavy atom. The Morgan fingerprint density at radius 1 is 1.35 bits per heavy atom. The third-order valence-corrected chi connectivity index (χ3v) is 2.98. The lowest BCUT2D eigenvalue weighted by molar-refractivity contribution is -0.156. The van der Waals surface area contributed by atoms with Crippen LogP contribution in [0, 0.1) is 0 Å². The van der Waals surface area contributed by atoms with Crippen molar-refractivity contribution in [1.82, 2.24) is 0 Å². The minimum atomic E-state index is -4.37. The van der Waals surface area contributed by atoms with Gasteiger partial charge in [-0.25, -0.2) is 0 Å². The summed E-state index contributed by atoms with van der Waals surface area (Å²) in [7, 11) is 0. The fourth-order valence-corrected chi connectivity index (χ4v) is 2.04. The second-order valence-corrected chi connectivity index (χ2v) is 4.19. The number of nitrogens with two attached hydrogens (primary N) is 1. The van der Waals surface area contributed by atoms with Gasteiger partial charge in [-0.2, -0.15) is 13.2 Å². The van der Waals surface area contributed by atoms with Gasteiger partial charge in [0, 0.05) is 6.42 Å². The molecule has 1 aromatic rings. The number of ether oxygens (including phenoxy) is 1. The summed E-state index contributed by atoms with van der Waals surface area (Å²) in [5.41, 5.74) is 7.02. The van der Waals surface area contributed by atoms with E-state index in [0.29, 0.717) is 6.61 Å². The molecule has 0 bridgehead atoms. The highest BCUT2D eigenvalue weighted by molar-refractivity contribution is 5.31. The molecule has 0 aliphatic carbocycles. The molecule has 94 valence electrons. The maximum Gasteiger partial charge on any atom is 0.403 e. The van der Waals surface area contributed by atoms with Gasteiger partial charge in [-0.3, -0.25) is 0 Å². The van der Waals surface area contributed by atoms with E-state index in [1.165, 1.54) is 0 Å². The number of rotatable bonds is 2. The van der Waals surface area contributed by atoms with Gasteiger partial charge in [0.2, 0.25) is 0 Å². The highest BCUT2D eigenvalue weighted by Gasteiger charge is 2.39. The fourth-order valence-electron chi connectivity index (χ4n) is 2.04. The maximum atomic E-state index is 12.4. The first-order valence-electron chi connectivity index (χ1n) is 5.50. The molecule has 2 rings (SSSR count). The lowest BCUT2D eigenvalue weighted by atomic mass is 9.93. The van der Waals surface area contributed by atoms with Crippen LogP contribution in [-0.2, 0) is 11.2 Å². The van der Waals surface area contributed by atoms with Gasteiger partial charge in [-0.15, -0.1) is 0 Å². The van der Waals surface area contributed by atoms with E-state index < -0.39 is 18.3 Å². The molecule has 1 aliphatic rings. The maximum absolute atomic E-state index is 12.4. The number of halogens is 3. The normalized spacial score (nSPS) is 22.0. The summed E-state index contributed by atoms with van der Waals surface area (Å²) in [5.74, 6) is 0. The molecule has 2 nitrogen and oxygen atoms in total. The van der Waals surface area contributed by atoms with Crippen LogP contribution < -0.4 is 5.73 Å². The molecular formula is C12H14F3NO. The standard InChI is InChI=1S/C12H14F3NO/c13-12(14,15)11(16)7-10-9-4-2-1-3-8(9)5-6-17-10/h1-4,10-11H,5-7,16H2. The summed E-state index contributed by atoms with van der Waals surface area (Å²) in [6.07, 6.45) is -4.39. The molecule has 0 amide bonds. The minimum absolute atomic E-state index is 0.222. The fraction of sp³-hybridized carbons (Fsp3) is 0.500. The van der Waals surface area contributed by atoms with Crippen LogP contribution in [0.25, 0.3) is 0 Å². The Bertz CT molecular complexity index is 392. The number of fused-ring (bicyclic) bond motifs is 1. The zero-order valence-electron chi connectivity index (χ0n) is 9.20. The van der Waals surface area contributed by atoms with Crippen LogP contribution in [0.3, 0.4) is 0 Å². The van der Waals surface area contributed by atoms with Crippen LogP contribution in [0.1, 0.15) is 23.7 Å². The van der Waals surface area contributed by atoms with Crippen molar-refractivity contribution in [1.29, 1.82) is 0 Å². The third-order valence-electron chi connectivity index (χ3n) is 2.98. The number of hydrogen-bond acceptors (Lipinski definition) is 2. The summed E-state index contributed by atoms with van der Waals surface area (Å²) < 4.78 is 42.6. The quantitative estimate of drug-likeness (QED) is 0.869. The van der Waals surface area contributed by atoms with Crippen LogP contribution >= 0.6 is 0 Å². The Morgan fingerprint density at radius 2 is 2.06 bits per heavy atom. The molecule has 0 fully saturated rings. The SMILES string of the molecule is NC(CC1OCCc2ccccc21)C(F)(F)F. The van der Waals surface area contributed by atoms with Crippen molar-refractivity contribution in [2.75, 3.05) is 6.61 Å². The molecule has 2 unspecified atom stereocenters. The summed E-state index contributed by atoms with van der Waals surface area (Å²) in [6, 6.07) is 5.58. The Labute approximate surface area is 97.6 Å². The molecule has 2 N–H and O–H groups in total. The van der Waals surface area contributed by atoms with Crippen LogP contribution in [-0.4, -0.2) is 18.8 Å². The van der Waals surface area contributed by atoms with Crippen molar-refractivity contribution in [2.24, 2.45) is 5.73 Å². The van der Waals surface area contributed by atoms with E-state index in [-0.39, 0.29) is 6.42 Å². The summed E-state index contributed by atoms with van der Waals surface area (Å²) in [4.78, 5) is 0. The van der Waals surface area contributed by atoms with E-state index in [9.17, 15) is 13.2 Å². The topological polar surface area (TPSA) is 35.2 Å². The molecule has 2 atom stereocenters. The number of hydrogen-bond donors (Lipinski definition) is 1. The minimum Gasteiger partial charge on any atom is -0.373 e. The lowest BCUT2D eigenvalue weighted by Crippen LogP contribution is -2.39. The zero-order valence-corrected chi connectivity index (χ0v) is 9.20. The van der Waals surface area contributed by atoms with Gasteiger partial charge in [-0.1, -0.05) is 24.3 Å². The van der Waals surface area contributed by atoms with Gasteiger partial charge in [0.15, 0.2) is 0 Å². The Hall–Kier alpha value is -1.07. The van der Waals surface area contributed by atoms with Gasteiger partial charge < -0.3 is 10.5 Å². The molecule has 1 heterocycles. The van der Waals surface area contributed by atoms with Crippen LogP contribution in [0.5, 0.6) is 0 Å². The molecule has 5 heteroatoms. The van der Waals surface area contributed by atoms with E-state index in [4.69, 9.17) is 10.5 Å². The summed E-state index contributed by atoms with van der Waals surface area (Å²) in [6.45, 7) is 0.451. The van der Waals surface area contributed by atoms with Gasteiger partial charge in [0.05, 0.1) is 12.7 Å². The molecule has 0 spiro atoms. The molecule has 0 saturated carbocycles. The average Bonchev–Trinajstić information content (AvgIpc) is 2.28. The summed E-state index contributed by atoms with van der Waals surface area (Å²) in [5, 5.41) is 0. The second-order valence-electron chi connectivity index (χ2n) is 4.19. The van der Waals surface area contributed by atoms with E-state index in [1.54, 1.807) is 6.07 Å². The molecule has 17 heavy (non-hydrogen) atoms. The van der Waals surface area contributed by atoms with E-state index in [1.807, 2.05) is 18.2 Å². The van der Waals surface area contributed by atoms with Gasteiger partial charge in [0.1, 0.15) is 6.04 Å². The van der Waals surface area contributed by atoms with Gasteiger partial charge >= 0.3 is 6.18 Å². The molecule has 0 saturated heterocycles. The van der Waals surface area contributed by atoms with Crippen molar-refractivity contribution < 1.29 is 17.9 Å². The van der Waals surface area contributed by atoms with Crippen molar-refractivity contribution in [2.45, 2.75) is 31.2 Å². The number of alkyl halides is 3. The lowest BCUT2D eigenvalue weighted by Gasteiger charge is -2.28. The largest absolute Gasteiger partial charge is 0.403 e. The van der Waals surface area contributed by atoms with E-state index >= 15 is 0 Å². The van der Waals surface area contributed by atoms with Crippen LogP contribution in [0.15, 0.2) is 24.3 Å². The second kappa shape index (κ2) is 4.66. The smallest absolute Gasteiger partial charge is 0.373 e. The zero-order chi connectivity index (χ0) is 12.5. The van der Waals surface area contributed by atoms with Crippen molar-refractivity contribution in [3.63, 3.8) is 0 Å². The average molecular weight is 245 g/mol. The molecular weight excluding hydrogens is 231 g/mol. The highest BCUT2D eigenvalue weighted by Crippen LogP contribution is 2.33. The monoisotopic (exact) mass is 245 g/mol. The predicted molar refractivity (Wildman–Crippen MR) is 57.5 cm³/mol. The van der Waals surface area contributed by atoms with Gasteiger partial charge in [0.25, 0.3) is 0 Å². The predicted octanol–water partition coefficient (Wildman–Crippen LogP) is 2.58. The third kappa shape index (κ3) is 2.79. The van der Waals surface area contributed by atoms with E-state index in [0.717, 1.165) is 17.5 Å². The van der Waals surface area contributed by atoms with Crippen LogP contribution in [0.2, 0.25) is 0 Å². The highest BCUT2D eigenvalue weighted by atomic mass is 19.4. The Kier molecular flexibility index (Phi) is 3.40. The first-order valence-corrected chi connectivity index (χ1v) is 5.50. The first kappa shape index (κ1) is 12.4. The molecule has 1 aliphatic heterocycles. The Balaban J connectivity index is 2.14. The van der Waals surface area contributed by atoms with Crippen molar-refractivity contribution in [3.05, 3.63) is 35.4 Å². The summed E-state index contributed by atoms with van der Waals surface area (Å²) >= 11 is 0. The molecule has 0 aromatic heterocycles. The van der Waals surface area contributed by atoms with Gasteiger partial charge in [-0.05, 0) is 17.5 Å². The first-order chi connectivity index (χ1) is 7.98. The van der Waals surface area contributed by atoms with Crippen molar-refractivity contribution in [3.8, 4) is 0 Å². The molecule has 0 radical (unpaired) electrons. The van der Waals surface area contributed by atoms with Crippen molar-refractivity contribution >= 4 is 0 Å². The van der Waals surface area contributed by atoms with Crippen LogP contribution in [0.4, 0.5) is 13.2 Å². The number of benzene rings is 1. The van der Waals surface area contributed by atoms with E-state index in [2.05, 4.69) is 0 Å².